The van der Waals surface area contributed by atoms with E-state index in [0.29, 0.717) is 0 Å². The van der Waals surface area contributed by atoms with Crippen LogP contribution >= 0.6 is 0 Å². The van der Waals surface area contributed by atoms with E-state index in [0.717, 1.165) is 24.1 Å². The van der Waals surface area contributed by atoms with Crippen LogP contribution in [0, 0.1) is 11.8 Å². The highest BCUT2D eigenvalue weighted by atomic mass is 16.5. The van der Waals surface area contributed by atoms with E-state index in [1.54, 1.807) is 7.11 Å². The lowest BCUT2D eigenvalue weighted by molar-refractivity contribution is 0.122. The molecule has 0 radical (unpaired) electrons. The molecule has 1 saturated carbocycles. The highest BCUT2D eigenvalue weighted by Crippen LogP contribution is 2.35. The summed E-state index contributed by atoms with van der Waals surface area (Å²) in [6.07, 6.45) is 10.3. The van der Waals surface area contributed by atoms with E-state index in [-0.39, 0.29) is 0 Å². The summed E-state index contributed by atoms with van der Waals surface area (Å²) in [5.41, 5.74) is 1.41. The predicted molar refractivity (Wildman–Crippen MR) is 87.6 cm³/mol. The van der Waals surface area contributed by atoms with Crippen molar-refractivity contribution < 1.29 is 4.74 Å². The normalized spacial score (nSPS) is 22.3. The van der Waals surface area contributed by atoms with Crippen molar-refractivity contribution in [2.75, 3.05) is 20.2 Å². The number of rotatable bonds is 4. The summed E-state index contributed by atoms with van der Waals surface area (Å²) in [7, 11) is 1.73. The lowest BCUT2D eigenvalue weighted by Crippen LogP contribution is -2.36. The first kappa shape index (κ1) is 14.9. The maximum absolute atomic E-state index is 5.23. The van der Waals surface area contributed by atoms with Gasteiger partial charge in [0.25, 0.3) is 0 Å². The average molecular weight is 287 g/mol. The van der Waals surface area contributed by atoms with Gasteiger partial charge in [0, 0.05) is 6.54 Å². The minimum atomic E-state index is 0.953. The zero-order valence-corrected chi connectivity index (χ0v) is 13.4. The molecule has 0 amide bonds. The van der Waals surface area contributed by atoms with Crippen molar-refractivity contribution in [3.05, 3.63) is 29.8 Å². The summed E-state index contributed by atoms with van der Waals surface area (Å²) < 4.78 is 5.23. The molecule has 2 nitrogen and oxygen atoms in total. The summed E-state index contributed by atoms with van der Waals surface area (Å²) >= 11 is 0. The van der Waals surface area contributed by atoms with Crippen LogP contribution in [0.3, 0.4) is 0 Å². The Hall–Kier alpha value is -1.02. The summed E-state index contributed by atoms with van der Waals surface area (Å²) in [5, 5.41) is 0. The minimum Gasteiger partial charge on any atom is -0.497 e. The van der Waals surface area contributed by atoms with Crippen molar-refractivity contribution in [1.29, 1.82) is 0 Å². The van der Waals surface area contributed by atoms with Gasteiger partial charge in [-0.3, -0.25) is 4.90 Å². The molecular weight excluding hydrogens is 258 g/mol. The Morgan fingerprint density at radius 2 is 1.52 bits per heavy atom. The summed E-state index contributed by atoms with van der Waals surface area (Å²) in [5.74, 6) is 3.01. The third-order valence-corrected chi connectivity index (χ3v) is 5.51. The van der Waals surface area contributed by atoms with E-state index in [1.807, 2.05) is 0 Å². The van der Waals surface area contributed by atoms with Crippen LogP contribution in [-0.4, -0.2) is 25.1 Å². The summed E-state index contributed by atoms with van der Waals surface area (Å²) in [4.78, 5) is 2.63. The number of ether oxygens (including phenoxy) is 1. The molecule has 1 aliphatic heterocycles. The molecule has 3 rings (SSSR count). The molecule has 2 heteroatoms. The molecule has 2 fully saturated rings. The zero-order chi connectivity index (χ0) is 14.5. The van der Waals surface area contributed by atoms with Crippen molar-refractivity contribution in [3.8, 4) is 5.75 Å². The molecule has 0 spiro atoms. The molecular formula is C19H29NO. The van der Waals surface area contributed by atoms with Gasteiger partial charge in [-0.15, -0.1) is 0 Å². The van der Waals surface area contributed by atoms with Crippen LogP contribution in [0.4, 0.5) is 0 Å². The molecule has 0 atom stereocenters. The number of nitrogens with zero attached hydrogens (tertiary/aromatic N) is 1. The summed E-state index contributed by atoms with van der Waals surface area (Å²) in [6, 6.07) is 8.55. The van der Waals surface area contributed by atoms with Gasteiger partial charge in [0.15, 0.2) is 0 Å². The molecule has 0 unspecified atom stereocenters. The minimum absolute atomic E-state index is 0.953. The average Bonchev–Trinajstić information content (AvgIpc) is 2.57. The molecule has 1 aliphatic carbocycles. The fraction of sp³-hybridized carbons (Fsp3) is 0.684. The Morgan fingerprint density at radius 1 is 0.905 bits per heavy atom. The van der Waals surface area contributed by atoms with Crippen LogP contribution < -0.4 is 4.74 Å². The Kier molecular flexibility index (Phi) is 5.18. The van der Waals surface area contributed by atoms with Gasteiger partial charge in [0.2, 0.25) is 0 Å². The van der Waals surface area contributed by atoms with Crippen LogP contribution in [0.5, 0.6) is 5.75 Å². The molecule has 21 heavy (non-hydrogen) atoms. The first-order chi connectivity index (χ1) is 10.3. The molecule has 1 heterocycles. The van der Waals surface area contributed by atoms with Gasteiger partial charge < -0.3 is 4.74 Å². The number of hydrogen-bond acceptors (Lipinski definition) is 2. The Morgan fingerprint density at radius 3 is 2.14 bits per heavy atom. The molecule has 2 aliphatic rings. The van der Waals surface area contributed by atoms with E-state index in [1.165, 1.54) is 63.6 Å². The lowest BCUT2D eigenvalue weighted by atomic mass is 9.76. The predicted octanol–water partition coefficient (Wildman–Crippen LogP) is 4.49. The highest BCUT2D eigenvalue weighted by molar-refractivity contribution is 5.27. The van der Waals surface area contributed by atoms with Gasteiger partial charge in [-0.05, 0) is 55.5 Å². The van der Waals surface area contributed by atoms with Crippen molar-refractivity contribution >= 4 is 0 Å². The van der Waals surface area contributed by atoms with E-state index < -0.39 is 0 Å². The topological polar surface area (TPSA) is 12.5 Å². The second kappa shape index (κ2) is 7.31. The fourth-order valence-electron chi connectivity index (χ4n) is 4.18. The van der Waals surface area contributed by atoms with E-state index >= 15 is 0 Å². The maximum Gasteiger partial charge on any atom is 0.118 e. The number of likely N-dealkylation sites (tertiary alicyclic amines) is 1. The third kappa shape index (κ3) is 4.00. The number of benzene rings is 1. The monoisotopic (exact) mass is 287 g/mol. The molecule has 116 valence electrons. The molecule has 1 aromatic carbocycles. The highest BCUT2D eigenvalue weighted by Gasteiger charge is 2.27. The second-order valence-corrected chi connectivity index (χ2v) is 6.86. The van der Waals surface area contributed by atoms with E-state index in [9.17, 15) is 0 Å². The third-order valence-electron chi connectivity index (χ3n) is 5.51. The van der Waals surface area contributed by atoms with Crippen LogP contribution in [-0.2, 0) is 6.54 Å². The Bertz CT molecular complexity index is 414. The van der Waals surface area contributed by atoms with Gasteiger partial charge in [0.1, 0.15) is 5.75 Å². The SMILES string of the molecule is COc1ccc(CN2CCC(C3CCCCC3)CC2)cc1. The van der Waals surface area contributed by atoms with Gasteiger partial charge in [0.05, 0.1) is 7.11 Å². The molecule has 0 aromatic heterocycles. The molecule has 1 saturated heterocycles. The standard InChI is InChI=1S/C19H29NO/c1-21-19-9-7-16(8-10-19)15-20-13-11-18(12-14-20)17-5-3-2-4-6-17/h7-10,17-18H,2-6,11-15H2,1H3. The van der Waals surface area contributed by atoms with E-state index in [2.05, 4.69) is 29.2 Å². The zero-order valence-electron chi connectivity index (χ0n) is 13.4. The lowest BCUT2D eigenvalue weighted by Gasteiger charge is -2.37. The second-order valence-electron chi connectivity index (χ2n) is 6.86. The number of piperidine rings is 1. The largest absolute Gasteiger partial charge is 0.497 e. The molecule has 0 N–H and O–H groups in total. The molecule has 0 bridgehead atoms. The first-order valence-corrected chi connectivity index (χ1v) is 8.70. The van der Waals surface area contributed by atoms with Gasteiger partial charge in [-0.2, -0.15) is 0 Å². The van der Waals surface area contributed by atoms with Crippen LogP contribution in [0.15, 0.2) is 24.3 Å². The van der Waals surface area contributed by atoms with Crippen molar-refractivity contribution in [2.45, 2.75) is 51.5 Å². The molecule has 1 aromatic rings. The van der Waals surface area contributed by atoms with Crippen LogP contribution in [0.1, 0.15) is 50.5 Å². The first-order valence-electron chi connectivity index (χ1n) is 8.70. The van der Waals surface area contributed by atoms with Gasteiger partial charge in [-0.25, -0.2) is 0 Å². The van der Waals surface area contributed by atoms with Crippen molar-refractivity contribution in [2.24, 2.45) is 11.8 Å². The van der Waals surface area contributed by atoms with Gasteiger partial charge in [-0.1, -0.05) is 44.2 Å². The Balaban J connectivity index is 1.46. The van der Waals surface area contributed by atoms with Crippen molar-refractivity contribution in [1.82, 2.24) is 4.90 Å². The summed E-state index contributed by atoms with van der Waals surface area (Å²) in [6.45, 7) is 3.67. The number of hydrogen-bond donors (Lipinski definition) is 0. The van der Waals surface area contributed by atoms with E-state index in [4.69, 9.17) is 4.74 Å². The van der Waals surface area contributed by atoms with Gasteiger partial charge >= 0.3 is 0 Å². The van der Waals surface area contributed by atoms with Crippen molar-refractivity contribution in [3.63, 3.8) is 0 Å². The fourth-order valence-corrected chi connectivity index (χ4v) is 4.18. The number of methoxy groups -OCH3 is 1. The van der Waals surface area contributed by atoms with Crippen LogP contribution in [0.2, 0.25) is 0 Å². The smallest absolute Gasteiger partial charge is 0.118 e. The van der Waals surface area contributed by atoms with Crippen LogP contribution in [0.25, 0.3) is 0 Å². The quantitative estimate of drug-likeness (QED) is 0.809. The maximum atomic E-state index is 5.23. The Labute approximate surface area is 129 Å².